The molecule has 1 heterocycles. The van der Waals surface area contributed by atoms with Gasteiger partial charge in [0.25, 0.3) is 0 Å². The molecule has 0 spiro atoms. The van der Waals surface area contributed by atoms with E-state index in [0.29, 0.717) is 13.1 Å². The molecular formula is C20H23N5O3S. The summed E-state index contributed by atoms with van der Waals surface area (Å²) in [6.45, 7) is 1.01. The molecule has 0 amide bonds. The van der Waals surface area contributed by atoms with Crippen LogP contribution in [0, 0.1) is 0 Å². The molecule has 29 heavy (non-hydrogen) atoms. The van der Waals surface area contributed by atoms with Crippen molar-refractivity contribution in [2.45, 2.75) is 11.4 Å². The lowest BCUT2D eigenvalue weighted by Gasteiger charge is -2.27. The van der Waals surface area contributed by atoms with Gasteiger partial charge in [-0.15, -0.1) is 0 Å². The second kappa shape index (κ2) is 8.80. The van der Waals surface area contributed by atoms with Crippen molar-refractivity contribution >= 4 is 21.6 Å². The van der Waals surface area contributed by atoms with Gasteiger partial charge in [0.15, 0.2) is 0 Å². The van der Waals surface area contributed by atoms with Crippen LogP contribution >= 0.6 is 0 Å². The average Bonchev–Trinajstić information content (AvgIpc) is 2.73. The lowest BCUT2D eigenvalue weighted by molar-refractivity contribution is 0.414. The third kappa shape index (κ3) is 5.15. The number of amidine groups is 1. The van der Waals surface area contributed by atoms with Crippen molar-refractivity contribution in [2.75, 3.05) is 13.7 Å². The van der Waals surface area contributed by atoms with Crippen molar-refractivity contribution in [2.24, 2.45) is 15.9 Å². The lowest BCUT2D eigenvalue weighted by Crippen LogP contribution is -2.35. The van der Waals surface area contributed by atoms with Crippen molar-refractivity contribution in [3.8, 4) is 5.75 Å². The van der Waals surface area contributed by atoms with Crippen LogP contribution < -0.4 is 20.9 Å². The van der Waals surface area contributed by atoms with Crippen LogP contribution in [0.15, 0.2) is 77.0 Å². The maximum Gasteiger partial charge on any atom is 0.238 e. The summed E-state index contributed by atoms with van der Waals surface area (Å²) in [4.78, 5) is 6.44. The van der Waals surface area contributed by atoms with E-state index in [-0.39, 0.29) is 4.90 Å². The number of benzene rings is 2. The smallest absolute Gasteiger partial charge is 0.238 e. The Morgan fingerprint density at radius 3 is 2.48 bits per heavy atom. The Morgan fingerprint density at radius 2 is 1.90 bits per heavy atom. The number of hydrogen-bond donors (Lipinski definition) is 3. The molecule has 0 radical (unpaired) electrons. The van der Waals surface area contributed by atoms with Gasteiger partial charge >= 0.3 is 0 Å². The Hall–Kier alpha value is -3.30. The van der Waals surface area contributed by atoms with Gasteiger partial charge in [-0.25, -0.2) is 18.5 Å². The molecule has 0 saturated heterocycles. The third-order valence-corrected chi connectivity index (χ3v) is 5.33. The minimum atomic E-state index is -3.69. The molecule has 5 N–H and O–H groups in total. The summed E-state index contributed by atoms with van der Waals surface area (Å²) in [6.07, 6.45) is 5.11. The molecular weight excluding hydrogens is 390 g/mol. The standard InChI is InChI=1S/C20H23N5O3S/c1-28-17-6-4-16(5-7-17)19(12-21)25-11-10-23-20(14-25)24-13-15-2-8-18(9-3-15)29(22,26)27/h2-12H,13-14,21H2,1H3,(H,23,24)(H2,22,26,27)/b19-12-. The highest BCUT2D eigenvalue weighted by molar-refractivity contribution is 7.89. The number of nitrogens with one attached hydrogen (secondary N) is 1. The highest BCUT2D eigenvalue weighted by Gasteiger charge is 2.15. The first-order valence-corrected chi connectivity index (χ1v) is 10.4. The third-order valence-electron chi connectivity index (χ3n) is 4.40. The van der Waals surface area contributed by atoms with Gasteiger partial charge in [-0.05, 0) is 47.5 Å². The first-order valence-electron chi connectivity index (χ1n) is 8.82. The fourth-order valence-corrected chi connectivity index (χ4v) is 3.36. The molecule has 0 aliphatic carbocycles. The monoisotopic (exact) mass is 413 g/mol. The second-order valence-corrected chi connectivity index (χ2v) is 7.89. The van der Waals surface area contributed by atoms with Gasteiger partial charge < -0.3 is 20.7 Å². The SMILES string of the molecule is COc1ccc(/C(=C/N)N2C=CN=C(NCc3ccc(S(N)(=O)=O)cc3)C2)cc1. The first-order chi connectivity index (χ1) is 13.9. The van der Waals surface area contributed by atoms with Crippen LogP contribution in [0.4, 0.5) is 0 Å². The van der Waals surface area contributed by atoms with E-state index in [0.717, 1.165) is 28.4 Å². The Balaban J connectivity index is 1.64. The molecule has 0 bridgehead atoms. The molecule has 1 aliphatic heterocycles. The first kappa shape index (κ1) is 20.4. The van der Waals surface area contributed by atoms with E-state index in [1.807, 2.05) is 35.4 Å². The molecule has 152 valence electrons. The molecule has 8 nitrogen and oxygen atoms in total. The van der Waals surface area contributed by atoms with Crippen LogP contribution in [0.2, 0.25) is 0 Å². The minimum Gasteiger partial charge on any atom is -0.497 e. The molecule has 2 aromatic carbocycles. The van der Waals surface area contributed by atoms with Crippen LogP contribution in [-0.4, -0.2) is 32.8 Å². The van der Waals surface area contributed by atoms with E-state index in [9.17, 15) is 8.42 Å². The van der Waals surface area contributed by atoms with Gasteiger partial charge in [-0.3, -0.25) is 0 Å². The van der Waals surface area contributed by atoms with E-state index in [1.54, 1.807) is 31.6 Å². The molecule has 2 aromatic rings. The number of ether oxygens (including phenoxy) is 1. The number of aliphatic imine (C=N–C) groups is 1. The number of primary sulfonamides is 1. The molecule has 0 fully saturated rings. The highest BCUT2D eigenvalue weighted by atomic mass is 32.2. The number of rotatable bonds is 6. The summed E-state index contributed by atoms with van der Waals surface area (Å²) in [5.41, 5.74) is 8.59. The van der Waals surface area contributed by atoms with Crippen LogP contribution in [0.25, 0.3) is 5.70 Å². The Bertz CT molecular complexity index is 1040. The normalized spacial score (nSPS) is 14.5. The summed E-state index contributed by atoms with van der Waals surface area (Å²) < 4.78 is 27.9. The number of nitrogens with zero attached hydrogens (tertiary/aromatic N) is 2. The molecule has 0 aromatic heterocycles. The second-order valence-electron chi connectivity index (χ2n) is 6.32. The summed E-state index contributed by atoms with van der Waals surface area (Å²) in [5, 5.41) is 8.38. The lowest BCUT2D eigenvalue weighted by atomic mass is 10.1. The van der Waals surface area contributed by atoms with Crippen LogP contribution in [0.5, 0.6) is 5.75 Å². The molecule has 9 heteroatoms. The zero-order valence-corrected chi connectivity index (χ0v) is 16.8. The Labute approximate surface area is 170 Å². The maximum atomic E-state index is 11.3. The molecule has 0 saturated carbocycles. The summed E-state index contributed by atoms with van der Waals surface area (Å²) in [6, 6.07) is 14.0. The van der Waals surface area contributed by atoms with Crippen LogP contribution in [0.1, 0.15) is 11.1 Å². The predicted molar refractivity (Wildman–Crippen MR) is 113 cm³/mol. The average molecular weight is 414 g/mol. The van der Waals surface area contributed by atoms with E-state index in [4.69, 9.17) is 15.6 Å². The van der Waals surface area contributed by atoms with Gasteiger partial charge in [-0.2, -0.15) is 0 Å². The van der Waals surface area contributed by atoms with Gasteiger partial charge in [0.05, 0.1) is 24.2 Å². The molecule has 0 unspecified atom stereocenters. The Kier molecular flexibility index (Phi) is 6.20. The van der Waals surface area contributed by atoms with Crippen molar-refractivity contribution in [3.05, 3.63) is 78.3 Å². The summed E-state index contributed by atoms with van der Waals surface area (Å²) in [7, 11) is -2.07. The quantitative estimate of drug-likeness (QED) is 0.661. The number of sulfonamides is 1. The van der Waals surface area contributed by atoms with Gasteiger partial charge in [-0.1, -0.05) is 12.1 Å². The zero-order chi connectivity index (χ0) is 20.9. The van der Waals surface area contributed by atoms with Gasteiger partial charge in [0.1, 0.15) is 11.6 Å². The number of nitrogens with two attached hydrogens (primary N) is 2. The largest absolute Gasteiger partial charge is 0.497 e. The Morgan fingerprint density at radius 1 is 1.21 bits per heavy atom. The molecule has 1 aliphatic rings. The van der Waals surface area contributed by atoms with Gasteiger partial charge in [0.2, 0.25) is 10.0 Å². The van der Waals surface area contributed by atoms with Crippen LogP contribution in [0.3, 0.4) is 0 Å². The van der Waals surface area contributed by atoms with Crippen LogP contribution in [-0.2, 0) is 16.6 Å². The van der Waals surface area contributed by atoms with Crippen molar-refractivity contribution in [3.63, 3.8) is 0 Å². The predicted octanol–water partition coefficient (Wildman–Crippen LogP) is 1.57. The number of methoxy groups -OCH3 is 1. The zero-order valence-electron chi connectivity index (χ0n) is 15.9. The van der Waals surface area contributed by atoms with Crippen molar-refractivity contribution < 1.29 is 13.2 Å². The van der Waals surface area contributed by atoms with E-state index in [2.05, 4.69) is 10.3 Å². The van der Waals surface area contributed by atoms with Crippen molar-refractivity contribution in [1.82, 2.24) is 10.2 Å². The summed E-state index contributed by atoms with van der Waals surface area (Å²) >= 11 is 0. The summed E-state index contributed by atoms with van der Waals surface area (Å²) in [5.74, 6) is 1.53. The maximum absolute atomic E-state index is 11.3. The van der Waals surface area contributed by atoms with Crippen molar-refractivity contribution in [1.29, 1.82) is 0 Å². The van der Waals surface area contributed by atoms with Gasteiger partial charge in [0, 0.05) is 25.1 Å². The fourth-order valence-electron chi connectivity index (χ4n) is 2.85. The van der Waals surface area contributed by atoms with E-state index >= 15 is 0 Å². The van der Waals surface area contributed by atoms with E-state index < -0.39 is 10.0 Å². The van der Waals surface area contributed by atoms with E-state index in [1.165, 1.54) is 12.1 Å². The topological polar surface area (TPSA) is 123 Å². The minimum absolute atomic E-state index is 0.0857. The fraction of sp³-hybridized carbons (Fsp3) is 0.150. The molecule has 0 atom stereocenters. The highest BCUT2D eigenvalue weighted by Crippen LogP contribution is 2.22. The molecule has 3 rings (SSSR count). The number of hydrogen-bond acceptors (Lipinski definition) is 7.